The number of rotatable bonds is 6. The molecular weight excluding hydrogens is 394 g/mol. The summed E-state index contributed by atoms with van der Waals surface area (Å²) < 4.78 is 5.35. The van der Waals surface area contributed by atoms with Gasteiger partial charge in [-0.3, -0.25) is 9.69 Å². The van der Waals surface area contributed by atoms with E-state index in [1.807, 2.05) is 49.4 Å². The lowest BCUT2D eigenvalue weighted by Crippen LogP contribution is -2.31. The van der Waals surface area contributed by atoms with E-state index in [0.29, 0.717) is 11.7 Å². The topological polar surface area (TPSA) is 54.3 Å². The third-order valence-corrected chi connectivity index (χ3v) is 6.41. The van der Waals surface area contributed by atoms with Crippen LogP contribution in [-0.2, 0) is 11.3 Å². The van der Waals surface area contributed by atoms with E-state index in [1.54, 1.807) is 18.2 Å². The molecule has 3 aromatic rings. The summed E-state index contributed by atoms with van der Waals surface area (Å²) in [6.07, 6.45) is 2.41. The zero-order chi connectivity index (χ0) is 20.9. The van der Waals surface area contributed by atoms with E-state index < -0.39 is 0 Å². The van der Waals surface area contributed by atoms with Crippen LogP contribution in [0.25, 0.3) is 10.8 Å². The van der Waals surface area contributed by atoms with Gasteiger partial charge in [0.1, 0.15) is 5.75 Å². The molecule has 6 heteroatoms. The normalized spacial score (nSPS) is 18.1. The second-order valence-corrected chi connectivity index (χ2v) is 8.12. The number of benzene rings is 3. The van der Waals surface area contributed by atoms with Crippen molar-refractivity contribution in [2.24, 2.45) is 10.2 Å². The molecule has 0 radical (unpaired) electrons. The third-order valence-electron chi connectivity index (χ3n) is 5.08. The van der Waals surface area contributed by atoms with Crippen LogP contribution < -0.4 is 4.74 Å². The summed E-state index contributed by atoms with van der Waals surface area (Å²) in [6, 6.07) is 22.0. The molecule has 1 atom stereocenters. The van der Waals surface area contributed by atoms with Crippen molar-refractivity contribution in [3.63, 3.8) is 0 Å². The predicted octanol–water partition coefficient (Wildman–Crippen LogP) is 5.09. The lowest BCUT2D eigenvalue weighted by atomic mass is 10.0. The fourth-order valence-electron chi connectivity index (χ4n) is 3.50. The summed E-state index contributed by atoms with van der Waals surface area (Å²) in [7, 11) is 1.63. The van der Waals surface area contributed by atoms with Gasteiger partial charge in [-0.15, -0.1) is 5.10 Å². The van der Waals surface area contributed by atoms with Gasteiger partial charge in [0, 0.05) is 5.56 Å². The Morgan fingerprint density at radius 1 is 1.07 bits per heavy atom. The van der Waals surface area contributed by atoms with Crippen LogP contribution >= 0.6 is 11.8 Å². The number of nitrogens with zero attached hydrogens (tertiary/aromatic N) is 3. The molecule has 1 amide bonds. The summed E-state index contributed by atoms with van der Waals surface area (Å²) in [5.74, 6) is 0.817. The van der Waals surface area contributed by atoms with Crippen molar-refractivity contribution in [1.82, 2.24) is 4.90 Å². The molecule has 30 heavy (non-hydrogen) atoms. The van der Waals surface area contributed by atoms with Crippen molar-refractivity contribution in [3.8, 4) is 5.75 Å². The van der Waals surface area contributed by atoms with Gasteiger partial charge in [0.05, 0.1) is 25.1 Å². The molecule has 4 rings (SSSR count). The Kier molecular flexibility index (Phi) is 6.14. The highest BCUT2D eigenvalue weighted by Crippen LogP contribution is 2.32. The molecule has 0 unspecified atom stereocenters. The number of fused-ring (bicyclic) bond motifs is 1. The number of hydrogen-bond acceptors (Lipinski definition) is 5. The maximum absolute atomic E-state index is 13.0. The van der Waals surface area contributed by atoms with Crippen molar-refractivity contribution in [3.05, 3.63) is 77.9 Å². The molecule has 0 bridgehead atoms. The molecule has 3 aromatic carbocycles. The van der Waals surface area contributed by atoms with Gasteiger partial charge < -0.3 is 4.74 Å². The number of amides is 1. The average molecular weight is 418 g/mol. The fourth-order valence-corrected chi connectivity index (χ4v) is 4.53. The van der Waals surface area contributed by atoms with Gasteiger partial charge in [0.15, 0.2) is 5.17 Å². The van der Waals surface area contributed by atoms with Crippen molar-refractivity contribution < 1.29 is 9.53 Å². The fraction of sp³-hybridized carbons (Fsp3) is 0.208. The lowest BCUT2D eigenvalue weighted by Gasteiger charge is -2.17. The van der Waals surface area contributed by atoms with E-state index in [2.05, 4.69) is 34.5 Å². The molecule has 152 valence electrons. The van der Waals surface area contributed by atoms with Crippen LogP contribution in [0, 0.1) is 0 Å². The van der Waals surface area contributed by atoms with Crippen LogP contribution in [0.1, 0.15) is 24.5 Å². The van der Waals surface area contributed by atoms with E-state index in [4.69, 9.17) is 4.74 Å². The van der Waals surface area contributed by atoms with Crippen LogP contribution in [0.4, 0.5) is 0 Å². The van der Waals surface area contributed by atoms with Gasteiger partial charge in [0.2, 0.25) is 5.91 Å². The Bertz CT molecular complexity index is 1120. The maximum Gasteiger partial charge on any atom is 0.242 e. The first kappa shape index (κ1) is 20.2. The van der Waals surface area contributed by atoms with Crippen LogP contribution in [0.15, 0.2) is 76.9 Å². The number of para-hydroxylation sites is 1. The first-order valence-electron chi connectivity index (χ1n) is 9.90. The second kappa shape index (κ2) is 9.13. The first-order chi connectivity index (χ1) is 14.7. The molecule has 1 heterocycles. The SMILES string of the molecule is CC[C@@H]1S/C(=N\N=C/c2ccccc2OC)N(Cc2cccc3ccccc23)C1=O. The molecule has 1 aliphatic rings. The van der Waals surface area contributed by atoms with E-state index in [-0.39, 0.29) is 11.2 Å². The summed E-state index contributed by atoms with van der Waals surface area (Å²) in [4.78, 5) is 14.7. The van der Waals surface area contributed by atoms with Crippen LogP contribution in [0.2, 0.25) is 0 Å². The Labute approximate surface area is 180 Å². The third kappa shape index (κ3) is 4.09. The van der Waals surface area contributed by atoms with Crippen molar-refractivity contribution in [2.45, 2.75) is 25.1 Å². The molecule has 1 fully saturated rings. The molecule has 5 nitrogen and oxygen atoms in total. The molecule has 0 saturated carbocycles. The standard InChI is InChI=1S/C24H23N3O2S/c1-3-22-23(28)27(16-19-12-8-11-17-9-4-6-13-20(17)19)24(30-22)26-25-15-18-10-5-7-14-21(18)29-2/h4-15,22H,3,16H2,1-2H3/b25-15-,26-24-/t22-/m0/s1. The number of carbonyl (C=O) groups excluding carboxylic acids is 1. The zero-order valence-corrected chi connectivity index (χ0v) is 17.8. The highest BCUT2D eigenvalue weighted by molar-refractivity contribution is 8.15. The quantitative estimate of drug-likeness (QED) is 0.415. The number of carbonyl (C=O) groups is 1. The molecular formula is C24H23N3O2S. The average Bonchev–Trinajstić information content (AvgIpc) is 3.09. The zero-order valence-electron chi connectivity index (χ0n) is 17.0. The molecule has 0 N–H and O–H groups in total. The van der Waals surface area contributed by atoms with Gasteiger partial charge in [-0.25, -0.2) is 0 Å². The Hall–Kier alpha value is -3.12. The lowest BCUT2D eigenvalue weighted by molar-refractivity contribution is -0.126. The van der Waals surface area contributed by atoms with Crippen LogP contribution in [-0.4, -0.2) is 34.5 Å². The van der Waals surface area contributed by atoms with Crippen LogP contribution in [0.5, 0.6) is 5.75 Å². The minimum Gasteiger partial charge on any atom is -0.496 e. The molecule has 0 aromatic heterocycles. The van der Waals surface area contributed by atoms with Crippen molar-refractivity contribution in [2.75, 3.05) is 7.11 Å². The Balaban J connectivity index is 1.63. The van der Waals surface area contributed by atoms with Gasteiger partial charge in [-0.2, -0.15) is 5.10 Å². The van der Waals surface area contributed by atoms with Gasteiger partial charge in [0.25, 0.3) is 0 Å². The minimum absolute atomic E-state index is 0.0849. The number of thioether (sulfide) groups is 1. The van der Waals surface area contributed by atoms with E-state index >= 15 is 0 Å². The van der Waals surface area contributed by atoms with E-state index in [0.717, 1.165) is 34.1 Å². The van der Waals surface area contributed by atoms with Gasteiger partial charge in [-0.05, 0) is 34.9 Å². The van der Waals surface area contributed by atoms with Crippen molar-refractivity contribution >= 4 is 39.8 Å². The molecule has 1 aliphatic heterocycles. The molecule has 1 saturated heterocycles. The van der Waals surface area contributed by atoms with E-state index in [1.165, 1.54) is 11.8 Å². The molecule has 0 spiro atoms. The monoisotopic (exact) mass is 417 g/mol. The molecule has 0 aliphatic carbocycles. The van der Waals surface area contributed by atoms with E-state index in [9.17, 15) is 4.79 Å². The van der Waals surface area contributed by atoms with Gasteiger partial charge in [-0.1, -0.05) is 73.3 Å². The number of hydrogen-bond donors (Lipinski definition) is 0. The summed E-state index contributed by atoms with van der Waals surface area (Å²) in [6.45, 7) is 2.50. The van der Waals surface area contributed by atoms with Crippen molar-refractivity contribution in [1.29, 1.82) is 0 Å². The largest absolute Gasteiger partial charge is 0.496 e. The Morgan fingerprint density at radius 2 is 1.83 bits per heavy atom. The summed E-state index contributed by atoms with van der Waals surface area (Å²) >= 11 is 1.48. The number of amidine groups is 1. The summed E-state index contributed by atoms with van der Waals surface area (Å²) in [5, 5.41) is 11.5. The number of ether oxygens (including phenoxy) is 1. The summed E-state index contributed by atoms with van der Waals surface area (Å²) in [5.41, 5.74) is 1.94. The highest BCUT2D eigenvalue weighted by Gasteiger charge is 2.37. The smallest absolute Gasteiger partial charge is 0.242 e. The first-order valence-corrected chi connectivity index (χ1v) is 10.8. The predicted molar refractivity (Wildman–Crippen MR) is 124 cm³/mol. The highest BCUT2D eigenvalue weighted by atomic mass is 32.2. The number of methoxy groups -OCH3 is 1. The van der Waals surface area contributed by atoms with Crippen LogP contribution in [0.3, 0.4) is 0 Å². The minimum atomic E-state index is -0.125. The maximum atomic E-state index is 13.0. The van der Waals surface area contributed by atoms with Gasteiger partial charge >= 0.3 is 0 Å². The second-order valence-electron chi connectivity index (χ2n) is 6.95. The Morgan fingerprint density at radius 3 is 2.67 bits per heavy atom.